The molecule has 1 saturated carbocycles. The maximum absolute atomic E-state index is 12.6. The van der Waals surface area contributed by atoms with Crippen molar-refractivity contribution in [2.24, 2.45) is 0 Å². The molecule has 2 rings (SSSR count). The highest BCUT2D eigenvalue weighted by atomic mass is 19.4. The van der Waals surface area contributed by atoms with Gasteiger partial charge in [-0.2, -0.15) is 13.2 Å². The highest BCUT2D eigenvalue weighted by Gasteiger charge is 2.30. The third kappa shape index (κ3) is 7.12. The Kier molecular flexibility index (Phi) is 6.98. The standard InChI is InChI=1S/C18H19F3N2O4/c19-18(20,21)13-5-3-4-12(10-13)8-9-16(25)27-11-15(24)23-17(26)22-14-6-1-2-7-14/h3-5,8-10,14H,1-2,6-7,11H2,(H2,22,23,24,26). The first-order chi connectivity index (χ1) is 12.7. The van der Waals surface area contributed by atoms with Crippen molar-refractivity contribution >= 4 is 24.0 Å². The lowest BCUT2D eigenvalue weighted by Crippen LogP contribution is -2.44. The van der Waals surface area contributed by atoms with Gasteiger partial charge in [0, 0.05) is 12.1 Å². The number of esters is 1. The molecule has 146 valence electrons. The fourth-order valence-corrected chi connectivity index (χ4v) is 2.62. The molecule has 3 amide bonds. The monoisotopic (exact) mass is 384 g/mol. The van der Waals surface area contributed by atoms with E-state index in [-0.39, 0.29) is 11.6 Å². The van der Waals surface area contributed by atoms with Gasteiger partial charge < -0.3 is 10.1 Å². The highest BCUT2D eigenvalue weighted by Crippen LogP contribution is 2.29. The molecule has 1 aromatic rings. The van der Waals surface area contributed by atoms with Gasteiger partial charge in [-0.25, -0.2) is 9.59 Å². The fraction of sp³-hybridized carbons (Fsp3) is 0.389. The summed E-state index contributed by atoms with van der Waals surface area (Å²) in [6, 6.07) is 3.78. The van der Waals surface area contributed by atoms with Crippen molar-refractivity contribution in [3.05, 3.63) is 41.5 Å². The number of rotatable bonds is 5. The van der Waals surface area contributed by atoms with Crippen molar-refractivity contribution in [1.82, 2.24) is 10.6 Å². The van der Waals surface area contributed by atoms with Crippen LogP contribution in [0.4, 0.5) is 18.0 Å². The van der Waals surface area contributed by atoms with Gasteiger partial charge in [0.05, 0.1) is 5.56 Å². The molecule has 1 aliphatic rings. The number of hydrogen-bond acceptors (Lipinski definition) is 4. The summed E-state index contributed by atoms with van der Waals surface area (Å²) in [5, 5.41) is 4.69. The van der Waals surface area contributed by atoms with Crippen molar-refractivity contribution in [3.63, 3.8) is 0 Å². The summed E-state index contributed by atoms with van der Waals surface area (Å²) >= 11 is 0. The first-order valence-electron chi connectivity index (χ1n) is 8.36. The number of ether oxygens (including phenoxy) is 1. The minimum atomic E-state index is -4.48. The summed E-state index contributed by atoms with van der Waals surface area (Å²) in [5.41, 5.74) is -0.687. The van der Waals surface area contributed by atoms with E-state index < -0.39 is 36.3 Å². The molecule has 1 fully saturated rings. The molecule has 1 aromatic carbocycles. The number of amides is 3. The Balaban J connectivity index is 1.75. The van der Waals surface area contributed by atoms with E-state index in [2.05, 4.69) is 10.1 Å². The van der Waals surface area contributed by atoms with E-state index in [4.69, 9.17) is 0 Å². The second kappa shape index (κ2) is 9.20. The zero-order valence-electron chi connectivity index (χ0n) is 14.3. The molecule has 0 saturated heterocycles. The van der Waals surface area contributed by atoms with Crippen LogP contribution < -0.4 is 10.6 Å². The van der Waals surface area contributed by atoms with Crippen LogP contribution in [0.15, 0.2) is 30.3 Å². The van der Waals surface area contributed by atoms with Gasteiger partial charge in [0.1, 0.15) is 0 Å². The van der Waals surface area contributed by atoms with E-state index in [1.54, 1.807) is 0 Å². The van der Waals surface area contributed by atoms with Crippen LogP contribution >= 0.6 is 0 Å². The Bertz CT molecular complexity index is 726. The van der Waals surface area contributed by atoms with Crippen molar-refractivity contribution in [2.75, 3.05) is 6.61 Å². The van der Waals surface area contributed by atoms with Crippen LogP contribution in [0.1, 0.15) is 36.8 Å². The largest absolute Gasteiger partial charge is 0.452 e. The molecule has 27 heavy (non-hydrogen) atoms. The number of hydrogen-bond donors (Lipinski definition) is 2. The first-order valence-corrected chi connectivity index (χ1v) is 8.36. The van der Waals surface area contributed by atoms with E-state index >= 15 is 0 Å². The predicted molar refractivity (Wildman–Crippen MR) is 90.4 cm³/mol. The molecular formula is C18H19F3N2O4. The molecular weight excluding hydrogens is 365 g/mol. The summed E-state index contributed by atoms with van der Waals surface area (Å²) < 4.78 is 42.5. The number of urea groups is 1. The summed E-state index contributed by atoms with van der Waals surface area (Å²) in [6.07, 6.45) is 1.32. The molecule has 2 N–H and O–H groups in total. The number of nitrogens with one attached hydrogen (secondary N) is 2. The van der Waals surface area contributed by atoms with Gasteiger partial charge in [-0.3, -0.25) is 10.1 Å². The average molecular weight is 384 g/mol. The minimum Gasteiger partial charge on any atom is -0.452 e. The van der Waals surface area contributed by atoms with E-state index in [0.29, 0.717) is 0 Å². The van der Waals surface area contributed by atoms with Crippen LogP contribution in [-0.4, -0.2) is 30.6 Å². The van der Waals surface area contributed by atoms with Crippen molar-refractivity contribution in [3.8, 4) is 0 Å². The number of benzene rings is 1. The third-order valence-corrected chi connectivity index (χ3v) is 3.91. The predicted octanol–water partition coefficient (Wildman–Crippen LogP) is 3.03. The summed E-state index contributed by atoms with van der Waals surface area (Å²) in [6.45, 7) is -0.677. The smallest absolute Gasteiger partial charge is 0.416 e. The highest BCUT2D eigenvalue weighted by molar-refractivity contribution is 5.96. The van der Waals surface area contributed by atoms with Gasteiger partial charge in [0.25, 0.3) is 5.91 Å². The molecule has 0 atom stereocenters. The number of carbonyl (C=O) groups is 3. The van der Waals surface area contributed by atoms with Crippen LogP contribution in [0.2, 0.25) is 0 Å². The second-order valence-electron chi connectivity index (χ2n) is 6.07. The quantitative estimate of drug-likeness (QED) is 0.604. The van der Waals surface area contributed by atoms with E-state index in [1.165, 1.54) is 12.1 Å². The van der Waals surface area contributed by atoms with Gasteiger partial charge in [-0.1, -0.05) is 25.0 Å². The molecule has 0 heterocycles. The zero-order valence-corrected chi connectivity index (χ0v) is 14.3. The normalized spacial score (nSPS) is 14.9. The molecule has 1 aliphatic carbocycles. The van der Waals surface area contributed by atoms with Crippen molar-refractivity contribution in [1.29, 1.82) is 0 Å². The Morgan fingerprint density at radius 2 is 1.89 bits per heavy atom. The Hall–Kier alpha value is -2.84. The van der Waals surface area contributed by atoms with Gasteiger partial charge in [0.2, 0.25) is 0 Å². The lowest BCUT2D eigenvalue weighted by atomic mass is 10.1. The van der Waals surface area contributed by atoms with E-state index in [1.807, 2.05) is 5.32 Å². The van der Waals surface area contributed by atoms with Crippen LogP contribution in [-0.2, 0) is 20.5 Å². The molecule has 0 aliphatic heterocycles. The maximum atomic E-state index is 12.6. The fourth-order valence-electron chi connectivity index (χ4n) is 2.62. The summed E-state index contributed by atoms with van der Waals surface area (Å²) in [5.74, 6) is -1.72. The lowest BCUT2D eigenvalue weighted by Gasteiger charge is -2.12. The molecule has 0 unspecified atom stereocenters. The maximum Gasteiger partial charge on any atom is 0.416 e. The van der Waals surface area contributed by atoms with Gasteiger partial charge in [-0.15, -0.1) is 0 Å². The Morgan fingerprint density at radius 3 is 2.56 bits per heavy atom. The Morgan fingerprint density at radius 1 is 1.19 bits per heavy atom. The average Bonchev–Trinajstić information content (AvgIpc) is 3.10. The van der Waals surface area contributed by atoms with E-state index in [0.717, 1.165) is 50.0 Å². The molecule has 0 spiro atoms. The molecule has 6 nitrogen and oxygen atoms in total. The second-order valence-corrected chi connectivity index (χ2v) is 6.07. The van der Waals surface area contributed by atoms with E-state index in [9.17, 15) is 27.6 Å². The van der Waals surface area contributed by atoms with Crippen molar-refractivity contribution < 1.29 is 32.3 Å². The molecule has 0 aromatic heterocycles. The van der Waals surface area contributed by atoms with Crippen LogP contribution in [0.3, 0.4) is 0 Å². The lowest BCUT2D eigenvalue weighted by molar-refractivity contribution is -0.143. The number of carbonyl (C=O) groups excluding carboxylic acids is 3. The number of alkyl halides is 3. The van der Waals surface area contributed by atoms with Crippen LogP contribution in [0.25, 0.3) is 6.08 Å². The summed E-state index contributed by atoms with van der Waals surface area (Å²) in [4.78, 5) is 34.7. The van der Waals surface area contributed by atoms with Gasteiger partial charge >= 0.3 is 18.2 Å². The van der Waals surface area contributed by atoms with Gasteiger partial charge in [-0.05, 0) is 36.6 Å². The van der Waals surface area contributed by atoms with Crippen LogP contribution in [0.5, 0.6) is 0 Å². The van der Waals surface area contributed by atoms with Crippen molar-refractivity contribution in [2.45, 2.75) is 37.9 Å². The number of halogens is 3. The van der Waals surface area contributed by atoms with Gasteiger partial charge in [0.15, 0.2) is 6.61 Å². The first kappa shape index (κ1) is 20.5. The zero-order chi connectivity index (χ0) is 19.9. The topological polar surface area (TPSA) is 84.5 Å². The third-order valence-electron chi connectivity index (χ3n) is 3.91. The molecule has 0 bridgehead atoms. The number of imide groups is 1. The minimum absolute atomic E-state index is 0.0377. The summed E-state index contributed by atoms with van der Waals surface area (Å²) in [7, 11) is 0. The molecule has 0 radical (unpaired) electrons. The molecule has 9 heteroatoms. The van der Waals surface area contributed by atoms with Crippen LogP contribution in [0, 0.1) is 0 Å². The SMILES string of the molecule is O=C(COC(=O)C=Cc1cccc(C(F)(F)F)c1)NC(=O)NC1CCCC1. The Labute approximate surface area is 153 Å².